The molecule has 0 aliphatic heterocycles. The molecule has 6 nitrogen and oxygen atoms in total. The molecule has 2 aromatic carbocycles. The van der Waals surface area contributed by atoms with Crippen molar-refractivity contribution in [2.24, 2.45) is 0 Å². The largest absolute Gasteiger partial charge is 0.383 e. The number of nitrogens with one attached hydrogen (secondary N) is 2. The standard InChI is InChI=1S/C18H13N5OS/c19-10-11-6-8-12(9-7-11)15-14(16(20)23-18(24)22-15)17(25)21-13-4-2-1-3-5-13/h1-9H,(H,21,25)(H3,20,22,23,24). The van der Waals surface area contributed by atoms with Crippen molar-refractivity contribution in [3.05, 3.63) is 76.2 Å². The van der Waals surface area contributed by atoms with Crippen LogP contribution >= 0.6 is 12.2 Å². The minimum absolute atomic E-state index is 0.0385. The summed E-state index contributed by atoms with van der Waals surface area (Å²) in [7, 11) is 0. The number of nitrogens with two attached hydrogens (primary N) is 1. The second kappa shape index (κ2) is 6.95. The van der Waals surface area contributed by atoms with Crippen LogP contribution in [-0.4, -0.2) is 15.0 Å². The van der Waals surface area contributed by atoms with E-state index in [1.807, 2.05) is 30.3 Å². The Morgan fingerprint density at radius 2 is 1.84 bits per heavy atom. The molecule has 3 aromatic rings. The first-order chi connectivity index (χ1) is 12.1. The van der Waals surface area contributed by atoms with Crippen LogP contribution in [0, 0.1) is 11.3 Å². The maximum absolute atomic E-state index is 11.8. The number of nitrogen functional groups attached to an aromatic ring is 1. The van der Waals surface area contributed by atoms with Crippen LogP contribution in [0.2, 0.25) is 0 Å². The Bertz CT molecular complexity index is 1020. The van der Waals surface area contributed by atoms with Gasteiger partial charge >= 0.3 is 5.69 Å². The van der Waals surface area contributed by atoms with Crippen molar-refractivity contribution in [1.82, 2.24) is 9.97 Å². The molecule has 0 atom stereocenters. The average molecular weight is 347 g/mol. The Hall–Kier alpha value is -3.50. The second-order valence-corrected chi connectivity index (χ2v) is 5.59. The lowest BCUT2D eigenvalue weighted by Gasteiger charge is -2.14. The predicted octanol–water partition coefficient (Wildman–Crippen LogP) is 2.68. The van der Waals surface area contributed by atoms with Crippen LogP contribution < -0.4 is 16.7 Å². The fourth-order valence-electron chi connectivity index (χ4n) is 2.36. The van der Waals surface area contributed by atoms with E-state index in [1.54, 1.807) is 24.3 Å². The lowest BCUT2D eigenvalue weighted by molar-refractivity contribution is 1.08. The molecule has 3 rings (SSSR count). The number of nitrogens with zero attached hydrogens (tertiary/aromatic N) is 2. The van der Waals surface area contributed by atoms with Crippen molar-refractivity contribution >= 4 is 28.7 Å². The summed E-state index contributed by atoms with van der Waals surface area (Å²) in [6.45, 7) is 0. The van der Waals surface area contributed by atoms with Crippen LogP contribution in [0.25, 0.3) is 11.3 Å². The van der Waals surface area contributed by atoms with Gasteiger partial charge in [0.15, 0.2) is 0 Å². The van der Waals surface area contributed by atoms with E-state index in [4.69, 9.17) is 23.2 Å². The Balaban J connectivity index is 2.07. The van der Waals surface area contributed by atoms with Gasteiger partial charge in [0, 0.05) is 5.69 Å². The highest BCUT2D eigenvalue weighted by atomic mass is 32.1. The first kappa shape index (κ1) is 16.4. The molecule has 4 N–H and O–H groups in total. The molecule has 0 amide bonds. The number of para-hydroxylation sites is 1. The second-order valence-electron chi connectivity index (χ2n) is 5.19. The molecule has 0 radical (unpaired) electrons. The fourth-order valence-corrected chi connectivity index (χ4v) is 2.69. The molecule has 0 aliphatic rings. The smallest absolute Gasteiger partial charge is 0.347 e. The number of rotatable bonds is 3. The zero-order valence-electron chi connectivity index (χ0n) is 13.0. The minimum Gasteiger partial charge on any atom is -0.383 e. The number of thiocarbonyl (C=S) groups is 1. The number of aromatic amines is 1. The summed E-state index contributed by atoms with van der Waals surface area (Å²) in [5.74, 6) is 0.0385. The third-order valence-electron chi connectivity index (χ3n) is 3.52. The SMILES string of the molecule is N#Cc1ccc(-c2[nH]c(=O)nc(N)c2C(=S)Nc2ccccc2)cc1. The summed E-state index contributed by atoms with van der Waals surface area (Å²) in [5, 5.41) is 12.0. The van der Waals surface area contributed by atoms with Crippen molar-refractivity contribution in [2.75, 3.05) is 11.1 Å². The lowest BCUT2D eigenvalue weighted by atomic mass is 10.0. The van der Waals surface area contributed by atoms with Crippen LogP contribution in [-0.2, 0) is 0 Å². The van der Waals surface area contributed by atoms with Gasteiger partial charge in [0.2, 0.25) is 0 Å². The minimum atomic E-state index is -0.567. The highest BCUT2D eigenvalue weighted by Gasteiger charge is 2.16. The average Bonchev–Trinajstić information content (AvgIpc) is 2.62. The molecular formula is C18H13N5OS. The van der Waals surface area contributed by atoms with E-state index < -0.39 is 5.69 Å². The summed E-state index contributed by atoms with van der Waals surface area (Å²) in [4.78, 5) is 18.5. The maximum Gasteiger partial charge on any atom is 0.347 e. The zero-order chi connectivity index (χ0) is 17.8. The maximum atomic E-state index is 11.8. The normalized spacial score (nSPS) is 10.0. The van der Waals surface area contributed by atoms with Gasteiger partial charge in [-0.15, -0.1) is 0 Å². The number of hydrogen-bond acceptors (Lipinski definition) is 5. The summed E-state index contributed by atoms with van der Waals surface area (Å²) in [6.07, 6.45) is 0. The molecule has 122 valence electrons. The highest BCUT2D eigenvalue weighted by Crippen LogP contribution is 2.25. The van der Waals surface area contributed by atoms with Gasteiger partial charge in [-0.3, -0.25) is 0 Å². The molecule has 0 aliphatic carbocycles. The first-order valence-electron chi connectivity index (χ1n) is 7.35. The van der Waals surface area contributed by atoms with Crippen LogP contribution in [0.3, 0.4) is 0 Å². The molecule has 1 heterocycles. The van der Waals surface area contributed by atoms with Crippen LogP contribution in [0.4, 0.5) is 11.5 Å². The predicted molar refractivity (Wildman–Crippen MR) is 101 cm³/mol. The lowest BCUT2D eigenvalue weighted by Crippen LogP contribution is -2.22. The molecule has 0 spiro atoms. The van der Waals surface area contributed by atoms with E-state index in [2.05, 4.69) is 21.4 Å². The third-order valence-corrected chi connectivity index (χ3v) is 3.83. The summed E-state index contributed by atoms with van der Waals surface area (Å²) >= 11 is 5.46. The Labute approximate surface area is 149 Å². The van der Waals surface area contributed by atoms with Gasteiger partial charge in [0.1, 0.15) is 10.8 Å². The quantitative estimate of drug-likeness (QED) is 0.629. The van der Waals surface area contributed by atoms with Crippen LogP contribution in [0.1, 0.15) is 11.1 Å². The number of benzene rings is 2. The van der Waals surface area contributed by atoms with Gasteiger partial charge in [0.05, 0.1) is 22.9 Å². The number of hydrogen-bond donors (Lipinski definition) is 3. The topological polar surface area (TPSA) is 108 Å². The van der Waals surface area contributed by atoms with Gasteiger partial charge < -0.3 is 16.0 Å². The molecule has 25 heavy (non-hydrogen) atoms. The molecule has 0 saturated carbocycles. The van der Waals surface area contributed by atoms with Crippen molar-refractivity contribution in [3.8, 4) is 17.3 Å². The van der Waals surface area contributed by atoms with E-state index in [0.29, 0.717) is 27.4 Å². The number of nitriles is 1. The van der Waals surface area contributed by atoms with Crippen molar-refractivity contribution < 1.29 is 0 Å². The fraction of sp³-hybridized carbons (Fsp3) is 0. The molecule has 7 heteroatoms. The van der Waals surface area contributed by atoms with Crippen molar-refractivity contribution in [1.29, 1.82) is 5.26 Å². The van der Waals surface area contributed by atoms with Gasteiger partial charge in [-0.25, -0.2) is 4.79 Å². The van der Waals surface area contributed by atoms with Gasteiger partial charge in [-0.1, -0.05) is 42.5 Å². The van der Waals surface area contributed by atoms with E-state index >= 15 is 0 Å². The molecule has 0 fully saturated rings. The summed E-state index contributed by atoms with van der Waals surface area (Å²) in [6, 6.07) is 18.2. The Kier molecular flexibility index (Phi) is 4.55. The van der Waals surface area contributed by atoms with Crippen molar-refractivity contribution in [2.45, 2.75) is 0 Å². The van der Waals surface area contributed by atoms with E-state index in [1.165, 1.54) is 0 Å². The summed E-state index contributed by atoms with van der Waals surface area (Å²) < 4.78 is 0. The third kappa shape index (κ3) is 3.54. The molecule has 0 saturated heterocycles. The summed E-state index contributed by atoms with van der Waals surface area (Å²) in [5.41, 5.74) is 8.27. The van der Waals surface area contributed by atoms with E-state index in [9.17, 15) is 4.79 Å². The molecule has 0 bridgehead atoms. The Morgan fingerprint density at radius 3 is 2.48 bits per heavy atom. The first-order valence-corrected chi connectivity index (χ1v) is 7.76. The molecular weight excluding hydrogens is 334 g/mol. The van der Waals surface area contributed by atoms with Gasteiger partial charge in [0.25, 0.3) is 0 Å². The molecule has 0 unspecified atom stereocenters. The molecule has 1 aromatic heterocycles. The number of H-pyrrole nitrogens is 1. The van der Waals surface area contributed by atoms with Gasteiger partial charge in [-0.2, -0.15) is 10.2 Å². The van der Waals surface area contributed by atoms with E-state index in [0.717, 1.165) is 5.69 Å². The van der Waals surface area contributed by atoms with Crippen LogP contribution in [0.5, 0.6) is 0 Å². The zero-order valence-corrected chi connectivity index (χ0v) is 13.8. The number of anilines is 2. The van der Waals surface area contributed by atoms with Crippen LogP contribution in [0.15, 0.2) is 59.4 Å². The van der Waals surface area contributed by atoms with Crippen molar-refractivity contribution in [3.63, 3.8) is 0 Å². The van der Waals surface area contributed by atoms with Gasteiger partial charge in [-0.05, 0) is 29.8 Å². The monoisotopic (exact) mass is 347 g/mol. The Morgan fingerprint density at radius 1 is 1.16 bits per heavy atom. The van der Waals surface area contributed by atoms with E-state index in [-0.39, 0.29) is 5.82 Å². The number of aromatic nitrogens is 2. The highest BCUT2D eigenvalue weighted by molar-refractivity contribution is 7.81.